The van der Waals surface area contributed by atoms with Crippen LogP contribution in [0.15, 0.2) is 33.5 Å². The number of aromatic nitrogens is 2. The molecule has 1 N–H and O–H groups in total. The van der Waals surface area contributed by atoms with Crippen molar-refractivity contribution in [1.82, 2.24) is 9.55 Å². The molecule has 0 atom stereocenters. The topological polar surface area (TPSA) is 104 Å². The molecule has 0 spiro atoms. The van der Waals surface area contributed by atoms with E-state index >= 15 is 0 Å². The maximum Gasteiger partial charge on any atom is 0.534 e. The van der Waals surface area contributed by atoms with Gasteiger partial charge in [-0.3, -0.25) is 0 Å². The molecule has 4 rings (SSSR count). The Balaban J connectivity index is 1.96. The lowest BCUT2D eigenvalue weighted by Gasteiger charge is -2.16. The van der Waals surface area contributed by atoms with Gasteiger partial charge >= 0.3 is 21.4 Å². The van der Waals surface area contributed by atoms with Gasteiger partial charge in [0.25, 0.3) is 0 Å². The minimum Gasteiger partial charge on any atom is -0.407 e. The number of nitrogens with one attached hydrogen (secondary N) is 1. The average Bonchev–Trinajstić information content (AvgIpc) is 3.24. The molecule has 0 aliphatic rings. The SMILES string of the molecule is Cc1c(OS(=O)(=O)C(F)(F)F)c2[nH]c3ccccc3c2c2oc(=O)n(COCC[Si](C)(C)C)c12. The van der Waals surface area contributed by atoms with Gasteiger partial charge in [-0.25, -0.2) is 9.36 Å². The van der Waals surface area contributed by atoms with Crippen molar-refractivity contribution in [1.29, 1.82) is 0 Å². The highest BCUT2D eigenvalue weighted by Crippen LogP contribution is 2.42. The minimum absolute atomic E-state index is 0.0125. The van der Waals surface area contributed by atoms with E-state index in [1.54, 1.807) is 24.3 Å². The Labute approximate surface area is 193 Å². The molecular weight excluding hydrogens is 493 g/mol. The molecule has 34 heavy (non-hydrogen) atoms. The van der Waals surface area contributed by atoms with Gasteiger partial charge in [0.2, 0.25) is 0 Å². The molecule has 2 heterocycles. The molecule has 0 unspecified atom stereocenters. The number of oxazole rings is 1. The number of para-hydroxylation sites is 1. The van der Waals surface area contributed by atoms with Crippen molar-refractivity contribution in [3.8, 4) is 5.75 Å². The number of fused-ring (bicyclic) bond motifs is 5. The third-order valence-electron chi connectivity index (χ3n) is 5.44. The Morgan fingerprint density at radius 1 is 1.18 bits per heavy atom. The van der Waals surface area contributed by atoms with Gasteiger partial charge in [-0.1, -0.05) is 37.8 Å². The highest BCUT2D eigenvalue weighted by molar-refractivity contribution is 7.88. The molecule has 0 aliphatic carbocycles. The first kappa shape index (κ1) is 24.4. The Morgan fingerprint density at radius 2 is 1.85 bits per heavy atom. The molecule has 0 fully saturated rings. The predicted octanol–water partition coefficient (Wildman–Crippen LogP) is 5.08. The predicted molar refractivity (Wildman–Crippen MR) is 124 cm³/mol. The number of benzene rings is 2. The summed E-state index contributed by atoms with van der Waals surface area (Å²) in [6.45, 7) is 8.03. The lowest BCUT2D eigenvalue weighted by atomic mass is 10.1. The molecule has 0 radical (unpaired) electrons. The molecule has 0 amide bonds. The molecule has 0 bridgehead atoms. The van der Waals surface area contributed by atoms with E-state index in [4.69, 9.17) is 9.15 Å². The van der Waals surface area contributed by atoms with Gasteiger partial charge in [-0.2, -0.15) is 21.6 Å². The zero-order chi connectivity index (χ0) is 25.1. The quantitative estimate of drug-likeness (QED) is 0.159. The molecule has 2 aromatic heterocycles. The summed E-state index contributed by atoms with van der Waals surface area (Å²) in [5.74, 6) is -1.35. The van der Waals surface area contributed by atoms with Gasteiger partial charge < -0.3 is 18.3 Å². The smallest absolute Gasteiger partial charge is 0.407 e. The van der Waals surface area contributed by atoms with Crippen molar-refractivity contribution in [3.05, 3.63) is 40.4 Å². The summed E-state index contributed by atoms with van der Waals surface area (Å²) in [7, 11) is -7.38. The van der Waals surface area contributed by atoms with Gasteiger partial charge in [-0.15, -0.1) is 0 Å². The van der Waals surface area contributed by atoms with Crippen LogP contribution in [0, 0.1) is 6.92 Å². The number of hydrogen-bond donors (Lipinski definition) is 1. The third-order valence-corrected chi connectivity index (χ3v) is 8.10. The number of ether oxygens (including phenoxy) is 1. The monoisotopic (exact) mass is 516 g/mol. The fraction of sp³-hybridized carbons (Fsp3) is 0.381. The second-order valence-corrected chi connectivity index (χ2v) is 16.3. The van der Waals surface area contributed by atoms with Crippen LogP contribution in [0.25, 0.3) is 32.9 Å². The number of halogens is 3. The fourth-order valence-corrected chi connectivity index (χ4v) is 4.98. The largest absolute Gasteiger partial charge is 0.534 e. The van der Waals surface area contributed by atoms with Crippen LogP contribution >= 0.6 is 0 Å². The molecule has 2 aromatic carbocycles. The summed E-state index contributed by atoms with van der Waals surface area (Å²) in [6.07, 6.45) is 0. The zero-order valence-corrected chi connectivity index (χ0v) is 20.7. The van der Waals surface area contributed by atoms with E-state index in [9.17, 15) is 26.4 Å². The van der Waals surface area contributed by atoms with Crippen molar-refractivity contribution < 1.29 is 34.9 Å². The minimum atomic E-state index is -5.98. The summed E-state index contributed by atoms with van der Waals surface area (Å²) in [4.78, 5) is 15.6. The summed E-state index contributed by atoms with van der Waals surface area (Å²) in [5.41, 5.74) is -4.98. The molecule has 13 heteroatoms. The van der Waals surface area contributed by atoms with Crippen molar-refractivity contribution in [2.75, 3.05) is 6.61 Å². The summed E-state index contributed by atoms with van der Waals surface area (Å²) < 4.78 is 80.1. The van der Waals surface area contributed by atoms with E-state index in [-0.39, 0.29) is 34.3 Å². The number of hydrogen-bond acceptors (Lipinski definition) is 6. The number of aryl methyl sites for hydroxylation is 1. The molecule has 0 saturated heterocycles. The van der Waals surface area contributed by atoms with Crippen molar-refractivity contribution in [2.24, 2.45) is 0 Å². The molecular formula is C21H23F3N2O6SSi. The maximum absolute atomic E-state index is 13.1. The summed E-state index contributed by atoms with van der Waals surface area (Å²) >= 11 is 0. The fourth-order valence-electron chi connectivity index (χ4n) is 3.70. The van der Waals surface area contributed by atoms with Crippen molar-refractivity contribution >= 4 is 51.1 Å². The Bertz CT molecular complexity index is 1560. The van der Waals surface area contributed by atoms with E-state index < -0.39 is 35.2 Å². The zero-order valence-electron chi connectivity index (χ0n) is 18.9. The van der Waals surface area contributed by atoms with Gasteiger partial charge in [0.05, 0.1) is 16.4 Å². The third kappa shape index (κ3) is 4.23. The normalized spacial score (nSPS) is 13.4. The number of rotatable bonds is 7. The van der Waals surface area contributed by atoms with Crippen LogP contribution in [0.5, 0.6) is 5.75 Å². The van der Waals surface area contributed by atoms with Crippen molar-refractivity contribution in [2.45, 2.75) is 44.8 Å². The first-order valence-corrected chi connectivity index (χ1v) is 15.5. The molecule has 0 aliphatic heterocycles. The van der Waals surface area contributed by atoms with Crippen molar-refractivity contribution in [3.63, 3.8) is 0 Å². The number of aromatic amines is 1. The van der Waals surface area contributed by atoms with Crippen LogP contribution in [0.3, 0.4) is 0 Å². The molecule has 0 saturated carbocycles. The van der Waals surface area contributed by atoms with Crippen LogP contribution in [-0.4, -0.2) is 38.2 Å². The number of nitrogens with zero attached hydrogens (tertiary/aromatic N) is 1. The summed E-state index contributed by atoms with van der Waals surface area (Å²) in [5, 5.41) is 0.763. The van der Waals surface area contributed by atoms with E-state index in [0.29, 0.717) is 17.5 Å². The van der Waals surface area contributed by atoms with Crippen LogP contribution < -0.4 is 9.94 Å². The summed E-state index contributed by atoms with van der Waals surface area (Å²) in [6, 6.07) is 7.56. The lowest BCUT2D eigenvalue weighted by Crippen LogP contribution is -2.28. The standard InChI is InChI=1S/C21H23F3N2O6SSi/c1-12-17-19(31-20(27)26(17)11-30-9-10-34(2,3)4)15-13-7-5-6-8-14(13)25-16(15)18(12)32-33(28,29)21(22,23)24/h5-8,25H,9-11H2,1-4H3. The molecule has 4 aromatic rings. The van der Waals surface area contributed by atoms with E-state index in [1.165, 1.54) is 6.92 Å². The maximum atomic E-state index is 13.1. The second kappa shape index (κ2) is 8.17. The lowest BCUT2D eigenvalue weighted by molar-refractivity contribution is -0.0499. The van der Waals surface area contributed by atoms with Crippen LogP contribution in [0.2, 0.25) is 25.7 Å². The van der Waals surface area contributed by atoms with Gasteiger partial charge in [0.15, 0.2) is 11.3 Å². The number of alkyl halides is 3. The highest BCUT2D eigenvalue weighted by atomic mass is 32.2. The average molecular weight is 517 g/mol. The molecule has 8 nitrogen and oxygen atoms in total. The van der Waals surface area contributed by atoms with Gasteiger partial charge in [-0.05, 0) is 19.0 Å². The van der Waals surface area contributed by atoms with Crippen LogP contribution in [0.1, 0.15) is 5.56 Å². The number of H-pyrrole nitrogens is 1. The van der Waals surface area contributed by atoms with E-state index in [1.807, 2.05) is 0 Å². The molecule has 184 valence electrons. The van der Waals surface area contributed by atoms with E-state index in [2.05, 4.69) is 28.8 Å². The van der Waals surface area contributed by atoms with Gasteiger partial charge in [0.1, 0.15) is 6.73 Å². The Kier molecular flexibility index (Phi) is 5.85. The van der Waals surface area contributed by atoms with E-state index in [0.717, 1.165) is 10.6 Å². The first-order chi connectivity index (χ1) is 15.7. The van der Waals surface area contributed by atoms with Crippen LogP contribution in [-0.2, 0) is 21.6 Å². The Hall–Kier alpha value is -2.77. The van der Waals surface area contributed by atoms with Crippen LogP contribution in [0.4, 0.5) is 13.2 Å². The van der Waals surface area contributed by atoms with Gasteiger partial charge in [0, 0.05) is 31.1 Å². The highest BCUT2D eigenvalue weighted by Gasteiger charge is 2.49. The first-order valence-electron chi connectivity index (χ1n) is 10.4. The Morgan fingerprint density at radius 3 is 2.50 bits per heavy atom. The second-order valence-electron chi connectivity index (χ2n) is 9.18.